The second-order valence-corrected chi connectivity index (χ2v) is 5.65. The van der Waals surface area contributed by atoms with Crippen LogP contribution in [-0.2, 0) is 6.42 Å². The Hall–Kier alpha value is -1.85. The molecule has 0 fully saturated rings. The topological polar surface area (TPSA) is 46.8 Å². The normalized spacial score (nSPS) is 12.8. The van der Waals surface area contributed by atoms with Crippen LogP contribution < -0.4 is 4.74 Å². The van der Waals surface area contributed by atoms with Gasteiger partial charge in [-0.25, -0.2) is 4.98 Å². The number of hydrogen-bond acceptors (Lipinski definition) is 4. The molecule has 0 bridgehead atoms. The van der Waals surface area contributed by atoms with Crippen molar-refractivity contribution in [2.24, 2.45) is 0 Å². The molecule has 2 heterocycles. The highest BCUT2D eigenvalue weighted by atomic mass is 32.1. The van der Waals surface area contributed by atoms with E-state index in [9.17, 15) is 5.11 Å². The second kappa shape index (κ2) is 5.26. The van der Waals surface area contributed by atoms with E-state index >= 15 is 0 Å². The summed E-state index contributed by atoms with van der Waals surface area (Å²) < 4.78 is 7.21. The summed E-state index contributed by atoms with van der Waals surface area (Å²) in [4.78, 5) is 5.45. The fourth-order valence-electron chi connectivity index (χ4n) is 2.30. The molecule has 1 aromatic carbocycles. The molecule has 1 unspecified atom stereocenters. The van der Waals surface area contributed by atoms with Crippen LogP contribution in [0.3, 0.4) is 0 Å². The van der Waals surface area contributed by atoms with Crippen LogP contribution in [0.1, 0.15) is 22.9 Å². The number of thiazole rings is 1. The summed E-state index contributed by atoms with van der Waals surface area (Å²) >= 11 is 1.59. The first-order valence-corrected chi connectivity index (χ1v) is 7.29. The molecule has 0 aliphatic rings. The van der Waals surface area contributed by atoms with Crippen molar-refractivity contribution in [3.8, 4) is 5.75 Å². The first kappa shape index (κ1) is 13.1. The maximum absolute atomic E-state index is 10.3. The third kappa shape index (κ3) is 2.42. The Bertz CT molecular complexity index is 704. The fraction of sp³-hybridized carbons (Fsp3) is 0.267. The van der Waals surface area contributed by atoms with E-state index < -0.39 is 6.10 Å². The average Bonchev–Trinajstić information content (AvgIpc) is 2.99. The molecule has 1 N–H and O–H groups in total. The standard InChI is InChI=1S/C15H16N2O2S/c1-10-7-11(3-4-14(10)19-2)13(18)8-12-9-17-5-6-20-15(17)16-12/h3-7,9,13,18H,8H2,1-2H3. The number of hydrogen-bond donors (Lipinski definition) is 1. The fourth-order valence-corrected chi connectivity index (χ4v) is 3.02. The zero-order valence-electron chi connectivity index (χ0n) is 11.4. The molecule has 104 valence electrons. The minimum absolute atomic E-state index is 0.514. The minimum Gasteiger partial charge on any atom is -0.496 e. The highest BCUT2D eigenvalue weighted by Gasteiger charge is 2.13. The summed E-state index contributed by atoms with van der Waals surface area (Å²) in [5.41, 5.74) is 2.81. The molecule has 0 saturated heterocycles. The minimum atomic E-state index is -0.552. The lowest BCUT2D eigenvalue weighted by Crippen LogP contribution is -2.03. The molecule has 1 atom stereocenters. The molecule has 0 aliphatic heterocycles. The van der Waals surface area contributed by atoms with Gasteiger partial charge in [-0.15, -0.1) is 11.3 Å². The van der Waals surface area contributed by atoms with Crippen LogP contribution in [0.2, 0.25) is 0 Å². The zero-order valence-corrected chi connectivity index (χ0v) is 12.2. The Morgan fingerprint density at radius 2 is 2.30 bits per heavy atom. The number of aliphatic hydroxyl groups is 1. The van der Waals surface area contributed by atoms with Crippen molar-refractivity contribution in [1.29, 1.82) is 0 Å². The first-order chi connectivity index (χ1) is 9.67. The molecule has 0 radical (unpaired) electrons. The van der Waals surface area contributed by atoms with Gasteiger partial charge in [0.2, 0.25) is 0 Å². The summed E-state index contributed by atoms with van der Waals surface area (Å²) in [6.07, 6.45) is 3.90. The predicted molar refractivity (Wildman–Crippen MR) is 79.5 cm³/mol. The van der Waals surface area contributed by atoms with Crippen molar-refractivity contribution in [3.63, 3.8) is 0 Å². The Kier molecular flexibility index (Phi) is 3.46. The Morgan fingerprint density at radius 3 is 3.00 bits per heavy atom. The van der Waals surface area contributed by atoms with E-state index in [-0.39, 0.29) is 0 Å². The SMILES string of the molecule is COc1ccc(C(O)Cc2cn3ccsc3n2)cc1C. The van der Waals surface area contributed by atoms with Gasteiger partial charge in [-0.1, -0.05) is 6.07 Å². The summed E-state index contributed by atoms with van der Waals surface area (Å²) in [5, 5.41) is 12.3. The quantitative estimate of drug-likeness (QED) is 0.803. The number of methoxy groups -OCH3 is 1. The van der Waals surface area contributed by atoms with Crippen LogP contribution in [0, 0.1) is 6.92 Å². The Balaban J connectivity index is 1.80. The number of benzene rings is 1. The molecule has 0 aliphatic carbocycles. The zero-order chi connectivity index (χ0) is 14.1. The summed E-state index contributed by atoms with van der Waals surface area (Å²) in [7, 11) is 1.65. The van der Waals surface area contributed by atoms with Crippen LogP contribution in [-0.4, -0.2) is 21.6 Å². The maximum Gasteiger partial charge on any atom is 0.193 e. The van der Waals surface area contributed by atoms with Crippen LogP contribution in [0.25, 0.3) is 4.96 Å². The van der Waals surface area contributed by atoms with Gasteiger partial charge in [-0.3, -0.25) is 4.40 Å². The smallest absolute Gasteiger partial charge is 0.193 e. The first-order valence-electron chi connectivity index (χ1n) is 6.41. The number of imidazole rings is 1. The van der Waals surface area contributed by atoms with E-state index in [1.165, 1.54) is 0 Å². The molecule has 0 saturated carbocycles. The van der Waals surface area contributed by atoms with Crippen LogP contribution in [0.15, 0.2) is 36.0 Å². The van der Waals surface area contributed by atoms with Crippen LogP contribution in [0.5, 0.6) is 5.75 Å². The monoisotopic (exact) mass is 288 g/mol. The molecule has 3 rings (SSSR count). The van der Waals surface area contributed by atoms with Gasteiger partial charge in [-0.05, 0) is 30.2 Å². The van der Waals surface area contributed by atoms with E-state index in [2.05, 4.69) is 4.98 Å². The summed E-state index contributed by atoms with van der Waals surface area (Å²) in [6, 6.07) is 5.75. The van der Waals surface area contributed by atoms with E-state index in [1.54, 1.807) is 18.4 Å². The number of ether oxygens (including phenoxy) is 1. The molecule has 2 aromatic heterocycles. The van der Waals surface area contributed by atoms with Crippen molar-refractivity contribution < 1.29 is 9.84 Å². The number of aromatic nitrogens is 2. The number of aryl methyl sites for hydroxylation is 1. The van der Waals surface area contributed by atoms with Gasteiger partial charge in [0, 0.05) is 24.2 Å². The molecular formula is C15H16N2O2S. The van der Waals surface area contributed by atoms with E-state index in [0.717, 1.165) is 27.5 Å². The van der Waals surface area contributed by atoms with Crippen LogP contribution in [0.4, 0.5) is 0 Å². The van der Waals surface area contributed by atoms with Crippen molar-refractivity contribution in [2.75, 3.05) is 7.11 Å². The van der Waals surface area contributed by atoms with Crippen LogP contribution >= 0.6 is 11.3 Å². The van der Waals surface area contributed by atoms with E-state index in [0.29, 0.717) is 6.42 Å². The molecule has 3 aromatic rings. The van der Waals surface area contributed by atoms with Gasteiger partial charge >= 0.3 is 0 Å². The molecule has 4 nitrogen and oxygen atoms in total. The van der Waals surface area contributed by atoms with Gasteiger partial charge < -0.3 is 9.84 Å². The lowest BCUT2D eigenvalue weighted by Gasteiger charge is -2.12. The van der Waals surface area contributed by atoms with E-state index in [4.69, 9.17) is 4.74 Å². The summed E-state index contributed by atoms with van der Waals surface area (Å²) in [5.74, 6) is 0.837. The number of rotatable bonds is 4. The van der Waals surface area contributed by atoms with Crippen molar-refractivity contribution in [1.82, 2.24) is 9.38 Å². The van der Waals surface area contributed by atoms with Gasteiger partial charge in [0.15, 0.2) is 4.96 Å². The molecular weight excluding hydrogens is 272 g/mol. The van der Waals surface area contributed by atoms with E-state index in [1.807, 2.05) is 47.3 Å². The largest absolute Gasteiger partial charge is 0.496 e. The Morgan fingerprint density at radius 1 is 1.45 bits per heavy atom. The number of aliphatic hydroxyl groups excluding tert-OH is 1. The lowest BCUT2D eigenvalue weighted by molar-refractivity contribution is 0.177. The van der Waals surface area contributed by atoms with Gasteiger partial charge in [0.25, 0.3) is 0 Å². The highest BCUT2D eigenvalue weighted by molar-refractivity contribution is 7.15. The average molecular weight is 288 g/mol. The molecule has 20 heavy (non-hydrogen) atoms. The van der Waals surface area contributed by atoms with Gasteiger partial charge in [0.05, 0.1) is 18.9 Å². The van der Waals surface area contributed by atoms with Crippen molar-refractivity contribution >= 4 is 16.3 Å². The highest BCUT2D eigenvalue weighted by Crippen LogP contribution is 2.25. The number of nitrogens with zero attached hydrogens (tertiary/aromatic N) is 2. The second-order valence-electron chi connectivity index (χ2n) is 4.77. The third-order valence-electron chi connectivity index (χ3n) is 3.35. The summed E-state index contributed by atoms with van der Waals surface area (Å²) in [6.45, 7) is 1.97. The maximum atomic E-state index is 10.3. The number of fused-ring (bicyclic) bond motifs is 1. The molecule has 0 amide bonds. The van der Waals surface area contributed by atoms with Gasteiger partial charge in [-0.2, -0.15) is 0 Å². The Labute approximate surface area is 121 Å². The van der Waals surface area contributed by atoms with Gasteiger partial charge in [0.1, 0.15) is 5.75 Å². The van der Waals surface area contributed by atoms with Crippen molar-refractivity contribution in [2.45, 2.75) is 19.4 Å². The predicted octanol–water partition coefficient (Wildman–Crippen LogP) is 2.99. The molecule has 0 spiro atoms. The lowest BCUT2D eigenvalue weighted by atomic mass is 10.0. The van der Waals surface area contributed by atoms with Crippen molar-refractivity contribution in [3.05, 3.63) is 52.8 Å². The molecule has 5 heteroatoms. The third-order valence-corrected chi connectivity index (χ3v) is 4.12.